The van der Waals surface area contributed by atoms with E-state index in [1.165, 1.54) is 21.1 Å². The summed E-state index contributed by atoms with van der Waals surface area (Å²) in [4.78, 5) is 26.3. The summed E-state index contributed by atoms with van der Waals surface area (Å²) in [6.45, 7) is 3.89. The summed E-state index contributed by atoms with van der Waals surface area (Å²) in [6, 6.07) is 10.5. The third-order valence-electron chi connectivity index (χ3n) is 4.19. The van der Waals surface area contributed by atoms with Crippen molar-refractivity contribution in [2.75, 3.05) is 32.2 Å². The Labute approximate surface area is 164 Å². The van der Waals surface area contributed by atoms with Crippen molar-refractivity contribution in [3.05, 3.63) is 52.5 Å². The number of nitrogens with zero attached hydrogens (tertiary/aromatic N) is 1. The van der Waals surface area contributed by atoms with Crippen molar-refractivity contribution >= 4 is 29.1 Å². The van der Waals surface area contributed by atoms with Crippen LogP contribution in [0, 0.1) is 6.92 Å². The number of rotatable bonds is 7. The van der Waals surface area contributed by atoms with Gasteiger partial charge in [0.25, 0.3) is 5.91 Å². The predicted molar refractivity (Wildman–Crippen MR) is 106 cm³/mol. The molecule has 0 radical (unpaired) electrons. The summed E-state index contributed by atoms with van der Waals surface area (Å²) < 4.78 is 10.5. The van der Waals surface area contributed by atoms with Crippen LogP contribution in [0.4, 0.5) is 5.69 Å². The van der Waals surface area contributed by atoms with E-state index < -0.39 is 0 Å². The van der Waals surface area contributed by atoms with Gasteiger partial charge in [-0.2, -0.15) is 0 Å². The Morgan fingerprint density at radius 3 is 2.22 bits per heavy atom. The number of methoxy groups -OCH3 is 2. The van der Waals surface area contributed by atoms with Crippen molar-refractivity contribution in [3.63, 3.8) is 0 Å². The Balaban J connectivity index is 2.13. The van der Waals surface area contributed by atoms with E-state index in [-0.39, 0.29) is 18.4 Å². The Morgan fingerprint density at radius 2 is 1.67 bits per heavy atom. The van der Waals surface area contributed by atoms with E-state index in [1.807, 2.05) is 13.0 Å². The van der Waals surface area contributed by atoms with E-state index in [1.54, 1.807) is 35.2 Å². The number of carbonyl (C=O) groups is 2. The van der Waals surface area contributed by atoms with Crippen molar-refractivity contribution < 1.29 is 19.1 Å². The first kappa shape index (κ1) is 20.6. The molecule has 27 heavy (non-hydrogen) atoms. The lowest BCUT2D eigenvalue weighted by molar-refractivity contribution is -0.116. The van der Waals surface area contributed by atoms with Gasteiger partial charge in [0.15, 0.2) is 0 Å². The second-order valence-corrected chi connectivity index (χ2v) is 6.26. The fourth-order valence-corrected chi connectivity index (χ4v) is 2.95. The first-order valence-corrected chi connectivity index (χ1v) is 8.80. The van der Waals surface area contributed by atoms with Gasteiger partial charge in [-0.15, -0.1) is 0 Å². The van der Waals surface area contributed by atoms with Crippen molar-refractivity contribution in [3.8, 4) is 11.5 Å². The van der Waals surface area contributed by atoms with Crippen LogP contribution in [0.5, 0.6) is 11.5 Å². The van der Waals surface area contributed by atoms with Gasteiger partial charge in [0.1, 0.15) is 17.1 Å². The number of hydrogen-bond acceptors (Lipinski definition) is 4. The molecular formula is C20H23ClN2O4. The van der Waals surface area contributed by atoms with Gasteiger partial charge in [-0.1, -0.05) is 23.7 Å². The van der Waals surface area contributed by atoms with Crippen LogP contribution in [0.1, 0.15) is 22.8 Å². The lowest BCUT2D eigenvalue weighted by atomic mass is 10.1. The average molecular weight is 391 g/mol. The molecule has 6 nitrogen and oxygen atoms in total. The molecule has 2 amide bonds. The van der Waals surface area contributed by atoms with Gasteiger partial charge in [0.05, 0.1) is 14.2 Å². The molecule has 0 aliphatic carbocycles. The number of amides is 2. The maximum atomic E-state index is 12.6. The molecule has 2 rings (SSSR count). The van der Waals surface area contributed by atoms with Gasteiger partial charge in [-0.25, -0.2) is 0 Å². The van der Waals surface area contributed by atoms with Gasteiger partial charge in [-0.3, -0.25) is 9.59 Å². The molecule has 0 atom stereocenters. The molecule has 7 heteroatoms. The largest absolute Gasteiger partial charge is 0.496 e. The summed E-state index contributed by atoms with van der Waals surface area (Å²) in [7, 11) is 2.98. The molecule has 0 saturated carbocycles. The Bertz CT molecular complexity index is 816. The smallest absolute Gasteiger partial charge is 0.258 e. The van der Waals surface area contributed by atoms with Crippen LogP contribution in [0.25, 0.3) is 0 Å². The molecule has 0 aliphatic rings. The van der Waals surface area contributed by atoms with E-state index in [2.05, 4.69) is 5.32 Å². The molecule has 0 aliphatic heterocycles. The minimum absolute atomic E-state index is 0.135. The molecule has 0 unspecified atom stereocenters. The normalized spacial score (nSPS) is 10.3. The monoisotopic (exact) mass is 390 g/mol. The number of hydrogen-bond donors (Lipinski definition) is 1. The SMILES string of the molecule is COc1cccc(OC)c1C(=O)NCCN(C(C)=O)c1cccc(Cl)c1C. The Kier molecular flexibility index (Phi) is 7.07. The molecule has 0 fully saturated rings. The summed E-state index contributed by atoms with van der Waals surface area (Å²) in [5.41, 5.74) is 1.85. The zero-order chi connectivity index (χ0) is 20.0. The molecule has 144 valence electrons. The van der Waals surface area contributed by atoms with Crippen LogP contribution in [0.2, 0.25) is 5.02 Å². The minimum atomic E-state index is -0.337. The molecule has 2 aromatic rings. The van der Waals surface area contributed by atoms with Crippen LogP contribution in [0.15, 0.2) is 36.4 Å². The van der Waals surface area contributed by atoms with Crippen LogP contribution in [0.3, 0.4) is 0 Å². The average Bonchev–Trinajstić information content (AvgIpc) is 2.66. The van der Waals surface area contributed by atoms with E-state index in [0.29, 0.717) is 28.6 Å². The standard InChI is InChI=1S/C20H23ClN2O4/c1-13-15(21)7-5-8-16(13)23(14(2)24)12-11-22-20(25)19-17(26-3)9-6-10-18(19)27-4/h5-10H,11-12H2,1-4H3,(H,22,25). The molecule has 0 bridgehead atoms. The molecule has 2 aromatic carbocycles. The molecular weight excluding hydrogens is 368 g/mol. The van der Waals surface area contributed by atoms with Crippen molar-refractivity contribution in [2.45, 2.75) is 13.8 Å². The highest BCUT2D eigenvalue weighted by Crippen LogP contribution is 2.28. The minimum Gasteiger partial charge on any atom is -0.496 e. The van der Waals surface area contributed by atoms with Crippen LogP contribution >= 0.6 is 11.6 Å². The van der Waals surface area contributed by atoms with Crippen molar-refractivity contribution in [1.82, 2.24) is 5.32 Å². The topological polar surface area (TPSA) is 67.9 Å². The van der Waals surface area contributed by atoms with E-state index in [9.17, 15) is 9.59 Å². The first-order valence-electron chi connectivity index (χ1n) is 8.43. The highest BCUT2D eigenvalue weighted by atomic mass is 35.5. The maximum absolute atomic E-state index is 12.6. The van der Waals surface area contributed by atoms with Gasteiger partial charge in [0, 0.05) is 30.7 Å². The maximum Gasteiger partial charge on any atom is 0.258 e. The second kappa shape index (κ2) is 9.28. The quantitative estimate of drug-likeness (QED) is 0.786. The van der Waals surface area contributed by atoms with E-state index >= 15 is 0 Å². The zero-order valence-electron chi connectivity index (χ0n) is 15.8. The Morgan fingerprint density at radius 1 is 1.07 bits per heavy atom. The molecule has 0 saturated heterocycles. The number of nitrogens with one attached hydrogen (secondary N) is 1. The van der Waals surface area contributed by atoms with Gasteiger partial charge in [-0.05, 0) is 36.8 Å². The van der Waals surface area contributed by atoms with E-state index in [4.69, 9.17) is 21.1 Å². The molecule has 0 heterocycles. The summed E-state index contributed by atoms with van der Waals surface area (Å²) in [6.07, 6.45) is 0. The van der Waals surface area contributed by atoms with E-state index in [0.717, 1.165) is 11.3 Å². The number of halogens is 1. The van der Waals surface area contributed by atoms with Crippen molar-refractivity contribution in [2.24, 2.45) is 0 Å². The number of benzene rings is 2. The summed E-state index contributed by atoms with van der Waals surface area (Å²) >= 11 is 6.16. The molecule has 1 N–H and O–H groups in total. The molecule has 0 aromatic heterocycles. The van der Waals surface area contributed by atoms with Crippen LogP contribution in [-0.4, -0.2) is 39.1 Å². The molecule has 0 spiro atoms. The Hall–Kier alpha value is -2.73. The van der Waals surface area contributed by atoms with Gasteiger partial charge < -0.3 is 19.7 Å². The highest BCUT2D eigenvalue weighted by molar-refractivity contribution is 6.31. The number of anilines is 1. The number of ether oxygens (including phenoxy) is 2. The summed E-state index contributed by atoms with van der Waals surface area (Å²) in [5, 5.41) is 3.40. The lowest BCUT2D eigenvalue weighted by Crippen LogP contribution is -2.38. The third kappa shape index (κ3) is 4.71. The van der Waals surface area contributed by atoms with Crippen molar-refractivity contribution in [1.29, 1.82) is 0 Å². The predicted octanol–water partition coefficient (Wildman–Crippen LogP) is 3.45. The highest BCUT2D eigenvalue weighted by Gasteiger charge is 2.19. The van der Waals surface area contributed by atoms with Crippen LogP contribution < -0.4 is 19.7 Å². The number of carbonyl (C=O) groups excluding carboxylic acids is 2. The summed E-state index contributed by atoms with van der Waals surface area (Å²) in [5.74, 6) is 0.363. The fourth-order valence-electron chi connectivity index (χ4n) is 2.78. The fraction of sp³-hybridized carbons (Fsp3) is 0.300. The second-order valence-electron chi connectivity index (χ2n) is 5.85. The first-order chi connectivity index (χ1) is 12.9. The lowest BCUT2D eigenvalue weighted by Gasteiger charge is -2.24. The zero-order valence-corrected chi connectivity index (χ0v) is 16.6. The van der Waals surface area contributed by atoms with Crippen LogP contribution in [-0.2, 0) is 4.79 Å². The third-order valence-corrected chi connectivity index (χ3v) is 4.60. The van der Waals surface area contributed by atoms with Gasteiger partial charge >= 0.3 is 0 Å². The van der Waals surface area contributed by atoms with Gasteiger partial charge in [0.2, 0.25) is 5.91 Å².